The van der Waals surface area contributed by atoms with Gasteiger partial charge in [-0.3, -0.25) is 4.79 Å². The second-order valence-electron chi connectivity index (χ2n) is 5.13. The highest BCUT2D eigenvalue weighted by atomic mass is 16.5. The highest BCUT2D eigenvalue weighted by Gasteiger charge is 2.16. The van der Waals surface area contributed by atoms with Crippen molar-refractivity contribution in [3.05, 3.63) is 53.9 Å². The van der Waals surface area contributed by atoms with Gasteiger partial charge < -0.3 is 20.2 Å². The fourth-order valence-electron chi connectivity index (χ4n) is 2.56. The standard InChI is InChI=1S/C18H17N3O3/c1-23-12-5-6-16(24-2)14(9-12)15(17(19)22)8-11-10-21-18-13(11)4-3-7-20-18/h3-10H,1-2H3,(H2,19,22)(H,20,21). The van der Waals surface area contributed by atoms with Gasteiger partial charge in [-0.15, -0.1) is 0 Å². The molecule has 0 bridgehead atoms. The van der Waals surface area contributed by atoms with Crippen LogP contribution in [0.15, 0.2) is 42.7 Å². The minimum absolute atomic E-state index is 0.329. The number of amides is 1. The van der Waals surface area contributed by atoms with Crippen molar-refractivity contribution >= 4 is 28.6 Å². The molecule has 0 saturated carbocycles. The van der Waals surface area contributed by atoms with Crippen LogP contribution in [0.4, 0.5) is 0 Å². The minimum Gasteiger partial charge on any atom is -0.497 e. The lowest BCUT2D eigenvalue weighted by Crippen LogP contribution is -2.13. The van der Waals surface area contributed by atoms with Gasteiger partial charge in [-0.25, -0.2) is 4.98 Å². The molecule has 0 aliphatic heterocycles. The smallest absolute Gasteiger partial charge is 0.249 e. The third-order valence-corrected chi connectivity index (χ3v) is 3.75. The maximum absolute atomic E-state index is 12.1. The summed E-state index contributed by atoms with van der Waals surface area (Å²) in [6.07, 6.45) is 5.21. The summed E-state index contributed by atoms with van der Waals surface area (Å²) in [5, 5.41) is 0.901. The number of hydrogen-bond acceptors (Lipinski definition) is 4. The maximum atomic E-state index is 12.1. The first kappa shape index (κ1) is 15.6. The Kier molecular flexibility index (Phi) is 4.20. The van der Waals surface area contributed by atoms with E-state index in [9.17, 15) is 4.79 Å². The van der Waals surface area contributed by atoms with Crippen LogP contribution in [0.1, 0.15) is 11.1 Å². The average molecular weight is 323 g/mol. The number of methoxy groups -OCH3 is 2. The number of aromatic nitrogens is 2. The number of nitrogens with two attached hydrogens (primary N) is 1. The molecule has 0 fully saturated rings. The third kappa shape index (κ3) is 2.81. The number of hydrogen-bond donors (Lipinski definition) is 2. The molecular formula is C18H17N3O3. The molecule has 6 nitrogen and oxygen atoms in total. The fraction of sp³-hybridized carbons (Fsp3) is 0.111. The Morgan fingerprint density at radius 1 is 1.25 bits per heavy atom. The van der Waals surface area contributed by atoms with E-state index in [4.69, 9.17) is 15.2 Å². The van der Waals surface area contributed by atoms with E-state index in [1.165, 1.54) is 0 Å². The van der Waals surface area contributed by atoms with Crippen LogP contribution in [0.2, 0.25) is 0 Å². The number of ether oxygens (including phenoxy) is 2. The topological polar surface area (TPSA) is 90.2 Å². The molecule has 2 aromatic heterocycles. The molecule has 2 heterocycles. The summed E-state index contributed by atoms with van der Waals surface area (Å²) in [6.45, 7) is 0. The normalized spacial score (nSPS) is 11.5. The molecule has 3 rings (SSSR count). The molecular weight excluding hydrogens is 306 g/mol. The lowest BCUT2D eigenvalue weighted by molar-refractivity contribution is -0.112. The van der Waals surface area contributed by atoms with Crippen LogP contribution < -0.4 is 15.2 Å². The van der Waals surface area contributed by atoms with Crippen molar-refractivity contribution in [1.82, 2.24) is 9.97 Å². The number of fused-ring (bicyclic) bond motifs is 1. The Morgan fingerprint density at radius 2 is 2.08 bits per heavy atom. The Balaban J connectivity index is 2.19. The summed E-state index contributed by atoms with van der Waals surface area (Å²) in [7, 11) is 3.10. The Bertz CT molecular complexity index is 928. The monoisotopic (exact) mass is 323 g/mol. The van der Waals surface area contributed by atoms with E-state index >= 15 is 0 Å². The van der Waals surface area contributed by atoms with Gasteiger partial charge in [0.2, 0.25) is 5.91 Å². The summed E-state index contributed by atoms with van der Waals surface area (Å²) in [5.41, 5.74) is 8.07. The van der Waals surface area contributed by atoms with Gasteiger partial charge in [-0.2, -0.15) is 0 Å². The molecule has 1 aromatic carbocycles. The number of aromatic amines is 1. The van der Waals surface area contributed by atoms with Crippen LogP contribution in [0.3, 0.4) is 0 Å². The van der Waals surface area contributed by atoms with E-state index in [2.05, 4.69) is 9.97 Å². The van der Waals surface area contributed by atoms with Gasteiger partial charge >= 0.3 is 0 Å². The number of carbonyl (C=O) groups is 1. The molecule has 0 aliphatic carbocycles. The molecule has 0 aliphatic rings. The Hall–Kier alpha value is -3.28. The lowest BCUT2D eigenvalue weighted by atomic mass is 10.0. The number of rotatable bonds is 5. The van der Waals surface area contributed by atoms with Crippen molar-refractivity contribution in [2.45, 2.75) is 0 Å². The molecule has 3 aromatic rings. The van der Waals surface area contributed by atoms with Gasteiger partial charge in [-0.1, -0.05) is 0 Å². The molecule has 122 valence electrons. The molecule has 6 heteroatoms. The molecule has 1 amide bonds. The highest BCUT2D eigenvalue weighted by molar-refractivity contribution is 6.25. The van der Waals surface area contributed by atoms with Crippen LogP contribution in [-0.2, 0) is 4.79 Å². The first-order chi connectivity index (χ1) is 11.6. The largest absolute Gasteiger partial charge is 0.497 e. The quantitative estimate of drug-likeness (QED) is 0.706. The van der Waals surface area contributed by atoms with Crippen molar-refractivity contribution < 1.29 is 14.3 Å². The van der Waals surface area contributed by atoms with Gasteiger partial charge in [0, 0.05) is 28.9 Å². The molecule has 0 saturated heterocycles. The number of primary amides is 1. The zero-order chi connectivity index (χ0) is 17.1. The second-order valence-corrected chi connectivity index (χ2v) is 5.13. The summed E-state index contributed by atoms with van der Waals surface area (Å²) in [4.78, 5) is 19.4. The van der Waals surface area contributed by atoms with E-state index in [1.54, 1.807) is 50.9 Å². The summed E-state index contributed by atoms with van der Waals surface area (Å²) >= 11 is 0. The second kappa shape index (κ2) is 6.45. The molecule has 0 unspecified atom stereocenters. The highest BCUT2D eigenvalue weighted by Crippen LogP contribution is 2.32. The third-order valence-electron chi connectivity index (χ3n) is 3.75. The van der Waals surface area contributed by atoms with E-state index in [0.717, 1.165) is 16.6 Å². The first-order valence-electron chi connectivity index (χ1n) is 7.30. The number of nitrogens with one attached hydrogen (secondary N) is 1. The van der Waals surface area contributed by atoms with Crippen LogP contribution in [-0.4, -0.2) is 30.1 Å². The van der Waals surface area contributed by atoms with Crippen LogP contribution in [0.5, 0.6) is 11.5 Å². The predicted octanol–water partition coefficient (Wildman–Crippen LogP) is 2.61. The molecule has 0 radical (unpaired) electrons. The van der Waals surface area contributed by atoms with E-state index in [-0.39, 0.29) is 0 Å². The molecule has 0 spiro atoms. The van der Waals surface area contributed by atoms with Gasteiger partial charge in [0.1, 0.15) is 17.1 Å². The molecule has 0 atom stereocenters. The van der Waals surface area contributed by atoms with Gasteiger partial charge in [-0.05, 0) is 36.4 Å². The summed E-state index contributed by atoms with van der Waals surface area (Å²) in [6, 6.07) is 8.98. The van der Waals surface area contributed by atoms with Crippen LogP contribution >= 0.6 is 0 Å². The van der Waals surface area contributed by atoms with E-state index in [1.807, 2.05) is 12.1 Å². The van der Waals surface area contributed by atoms with Crippen molar-refractivity contribution in [3.8, 4) is 11.5 Å². The lowest BCUT2D eigenvalue weighted by Gasteiger charge is -2.11. The predicted molar refractivity (Wildman–Crippen MR) is 92.7 cm³/mol. The Labute approximate surface area is 138 Å². The average Bonchev–Trinajstić information content (AvgIpc) is 3.02. The van der Waals surface area contributed by atoms with Gasteiger partial charge in [0.15, 0.2) is 0 Å². The number of pyridine rings is 1. The minimum atomic E-state index is -0.556. The van der Waals surface area contributed by atoms with Crippen molar-refractivity contribution in [1.29, 1.82) is 0 Å². The number of nitrogens with zero attached hydrogens (tertiary/aromatic N) is 1. The summed E-state index contributed by atoms with van der Waals surface area (Å²) < 4.78 is 10.6. The zero-order valence-corrected chi connectivity index (χ0v) is 13.4. The SMILES string of the molecule is COc1ccc(OC)c(C(=Cc2c[nH]c3ncccc23)C(N)=O)c1. The fourth-order valence-corrected chi connectivity index (χ4v) is 2.56. The van der Waals surface area contributed by atoms with Crippen LogP contribution in [0, 0.1) is 0 Å². The zero-order valence-electron chi connectivity index (χ0n) is 13.4. The number of benzene rings is 1. The van der Waals surface area contributed by atoms with Gasteiger partial charge in [0.25, 0.3) is 0 Å². The van der Waals surface area contributed by atoms with Crippen molar-refractivity contribution in [2.75, 3.05) is 14.2 Å². The molecule has 24 heavy (non-hydrogen) atoms. The van der Waals surface area contributed by atoms with E-state index < -0.39 is 5.91 Å². The molecule has 3 N–H and O–H groups in total. The van der Waals surface area contributed by atoms with Crippen molar-refractivity contribution in [2.24, 2.45) is 5.73 Å². The maximum Gasteiger partial charge on any atom is 0.249 e. The summed E-state index contributed by atoms with van der Waals surface area (Å²) in [5.74, 6) is 0.595. The Morgan fingerprint density at radius 3 is 2.79 bits per heavy atom. The van der Waals surface area contributed by atoms with Gasteiger partial charge in [0.05, 0.1) is 19.8 Å². The van der Waals surface area contributed by atoms with Crippen molar-refractivity contribution in [3.63, 3.8) is 0 Å². The van der Waals surface area contributed by atoms with Crippen LogP contribution in [0.25, 0.3) is 22.7 Å². The van der Waals surface area contributed by atoms with E-state index in [0.29, 0.717) is 22.6 Å². The first-order valence-corrected chi connectivity index (χ1v) is 7.30. The number of H-pyrrole nitrogens is 1. The number of carbonyl (C=O) groups excluding carboxylic acids is 1.